The highest BCUT2D eigenvalue weighted by Crippen LogP contribution is 2.43. The lowest BCUT2D eigenvalue weighted by Crippen LogP contribution is -2.28. The maximum Gasteiger partial charge on any atom is 0.234 e. The average Bonchev–Trinajstić information content (AvgIpc) is 2.98. The first-order valence-corrected chi connectivity index (χ1v) is 9.17. The van der Waals surface area contributed by atoms with Crippen LogP contribution in [0.15, 0.2) is 42.5 Å². The molecule has 0 saturated carbocycles. The van der Waals surface area contributed by atoms with Crippen LogP contribution in [0.3, 0.4) is 0 Å². The van der Waals surface area contributed by atoms with Crippen molar-refractivity contribution in [3.63, 3.8) is 0 Å². The van der Waals surface area contributed by atoms with E-state index in [4.69, 9.17) is 9.47 Å². The van der Waals surface area contributed by atoms with Gasteiger partial charge < -0.3 is 19.5 Å². The number of rotatable bonds is 6. The molecule has 0 spiro atoms. The number of nitrogens with zero attached hydrogens (tertiary/aromatic N) is 1. The molecule has 0 bridgehead atoms. The molecule has 1 heterocycles. The summed E-state index contributed by atoms with van der Waals surface area (Å²) in [6, 6.07) is 13.0. The van der Waals surface area contributed by atoms with Crippen molar-refractivity contribution in [1.29, 1.82) is 0 Å². The van der Waals surface area contributed by atoms with Crippen LogP contribution < -0.4 is 9.47 Å². The van der Waals surface area contributed by atoms with E-state index in [9.17, 15) is 9.90 Å². The Morgan fingerprint density at radius 2 is 2.04 bits per heavy atom. The zero-order chi connectivity index (χ0) is 17.8. The second-order valence-corrected chi connectivity index (χ2v) is 6.73. The van der Waals surface area contributed by atoms with Gasteiger partial charge in [-0.2, -0.15) is 0 Å². The number of aromatic hydroxyl groups is 1. The minimum atomic E-state index is -0.0879. The Bertz CT molecular complexity index is 765. The SMILES string of the molecule is CCOc1ccccc1C1SCC(=O)N1Cc1ccc(O)c(OC)c1. The third kappa shape index (κ3) is 3.69. The molecule has 6 heteroatoms. The number of amides is 1. The molecule has 5 nitrogen and oxygen atoms in total. The van der Waals surface area contributed by atoms with E-state index in [0.717, 1.165) is 16.9 Å². The molecule has 0 radical (unpaired) electrons. The number of para-hydroxylation sites is 1. The fourth-order valence-corrected chi connectivity index (χ4v) is 4.08. The topological polar surface area (TPSA) is 59.0 Å². The molecule has 1 N–H and O–H groups in total. The van der Waals surface area contributed by atoms with E-state index in [0.29, 0.717) is 24.7 Å². The van der Waals surface area contributed by atoms with Crippen LogP contribution >= 0.6 is 11.8 Å². The summed E-state index contributed by atoms with van der Waals surface area (Å²) in [5.74, 6) is 1.84. The van der Waals surface area contributed by atoms with E-state index in [1.165, 1.54) is 7.11 Å². The summed E-state index contributed by atoms with van der Waals surface area (Å²) in [5, 5.41) is 9.66. The maximum absolute atomic E-state index is 12.4. The van der Waals surface area contributed by atoms with Crippen LogP contribution in [0.1, 0.15) is 23.4 Å². The quantitative estimate of drug-likeness (QED) is 0.854. The van der Waals surface area contributed by atoms with Crippen molar-refractivity contribution < 1.29 is 19.4 Å². The molecule has 1 unspecified atom stereocenters. The van der Waals surface area contributed by atoms with Gasteiger partial charge in [-0.25, -0.2) is 0 Å². The van der Waals surface area contributed by atoms with Crippen LogP contribution in [0, 0.1) is 0 Å². The lowest BCUT2D eigenvalue weighted by Gasteiger charge is -2.26. The zero-order valence-electron chi connectivity index (χ0n) is 14.3. The van der Waals surface area contributed by atoms with Crippen LogP contribution in [0.5, 0.6) is 17.2 Å². The van der Waals surface area contributed by atoms with Gasteiger partial charge >= 0.3 is 0 Å². The number of phenolic OH excluding ortho intramolecular Hbond substituents is 1. The van der Waals surface area contributed by atoms with Gasteiger partial charge in [-0.3, -0.25) is 4.79 Å². The highest BCUT2D eigenvalue weighted by molar-refractivity contribution is 8.00. The Balaban J connectivity index is 1.88. The number of thioether (sulfide) groups is 1. The van der Waals surface area contributed by atoms with Crippen molar-refractivity contribution in [2.75, 3.05) is 19.5 Å². The fraction of sp³-hybridized carbons (Fsp3) is 0.316. The summed E-state index contributed by atoms with van der Waals surface area (Å²) in [7, 11) is 1.51. The predicted octanol–water partition coefficient (Wildman–Crippen LogP) is 3.57. The number of carbonyl (C=O) groups excluding carboxylic acids is 1. The van der Waals surface area contributed by atoms with Gasteiger partial charge in [0.05, 0.1) is 19.5 Å². The molecule has 0 aromatic heterocycles. The summed E-state index contributed by atoms with van der Waals surface area (Å²) in [4.78, 5) is 14.3. The number of methoxy groups -OCH3 is 1. The molecule has 1 aliphatic rings. The summed E-state index contributed by atoms with van der Waals surface area (Å²) in [6.45, 7) is 2.98. The Kier molecular flexibility index (Phi) is 5.38. The van der Waals surface area contributed by atoms with E-state index in [1.807, 2.05) is 36.1 Å². The first-order chi connectivity index (χ1) is 12.1. The molecular formula is C19H21NO4S. The molecule has 25 heavy (non-hydrogen) atoms. The van der Waals surface area contributed by atoms with E-state index in [1.54, 1.807) is 30.0 Å². The minimum Gasteiger partial charge on any atom is -0.504 e. The van der Waals surface area contributed by atoms with Crippen molar-refractivity contribution >= 4 is 17.7 Å². The third-order valence-corrected chi connectivity index (χ3v) is 5.29. The number of hydrogen-bond donors (Lipinski definition) is 1. The molecule has 3 rings (SSSR count). The standard InChI is InChI=1S/C19H21NO4S/c1-3-24-16-7-5-4-6-14(16)19-20(18(22)12-25-19)11-13-8-9-15(21)17(10-13)23-2/h4-10,19,21H,3,11-12H2,1-2H3. The second-order valence-electron chi connectivity index (χ2n) is 5.66. The van der Waals surface area contributed by atoms with Gasteiger partial charge in [0.1, 0.15) is 11.1 Å². The fourth-order valence-electron chi connectivity index (χ4n) is 2.87. The highest BCUT2D eigenvalue weighted by atomic mass is 32.2. The predicted molar refractivity (Wildman–Crippen MR) is 98.0 cm³/mol. The van der Waals surface area contributed by atoms with Crippen LogP contribution in [0.4, 0.5) is 0 Å². The van der Waals surface area contributed by atoms with Gasteiger partial charge in [0.15, 0.2) is 11.5 Å². The van der Waals surface area contributed by atoms with Crippen molar-refractivity contribution in [2.24, 2.45) is 0 Å². The van der Waals surface area contributed by atoms with Crippen molar-refractivity contribution in [1.82, 2.24) is 4.90 Å². The molecule has 2 aromatic carbocycles. The van der Waals surface area contributed by atoms with Gasteiger partial charge in [0, 0.05) is 12.1 Å². The van der Waals surface area contributed by atoms with Gasteiger partial charge in [-0.1, -0.05) is 24.3 Å². The maximum atomic E-state index is 12.4. The summed E-state index contributed by atoms with van der Waals surface area (Å²) in [6.07, 6.45) is 0. The smallest absolute Gasteiger partial charge is 0.234 e. The Hall–Kier alpha value is -2.34. The first-order valence-electron chi connectivity index (χ1n) is 8.12. The lowest BCUT2D eigenvalue weighted by molar-refractivity contribution is -0.128. The Morgan fingerprint density at radius 3 is 2.80 bits per heavy atom. The summed E-state index contributed by atoms with van der Waals surface area (Å²) in [5.41, 5.74) is 1.91. The van der Waals surface area contributed by atoms with Crippen LogP contribution in [-0.2, 0) is 11.3 Å². The van der Waals surface area contributed by atoms with Crippen LogP contribution in [0.25, 0.3) is 0 Å². The molecule has 1 fully saturated rings. The minimum absolute atomic E-state index is 0.0879. The number of carbonyl (C=O) groups is 1. The van der Waals surface area contributed by atoms with Gasteiger partial charge in [0.25, 0.3) is 0 Å². The van der Waals surface area contributed by atoms with E-state index < -0.39 is 0 Å². The first kappa shape index (κ1) is 17.5. The second kappa shape index (κ2) is 7.70. The molecule has 1 saturated heterocycles. The monoisotopic (exact) mass is 359 g/mol. The molecule has 2 aromatic rings. The van der Waals surface area contributed by atoms with E-state index in [-0.39, 0.29) is 17.0 Å². The largest absolute Gasteiger partial charge is 0.504 e. The van der Waals surface area contributed by atoms with E-state index >= 15 is 0 Å². The van der Waals surface area contributed by atoms with Gasteiger partial charge in [0.2, 0.25) is 5.91 Å². The zero-order valence-corrected chi connectivity index (χ0v) is 15.1. The van der Waals surface area contributed by atoms with Gasteiger partial charge in [-0.15, -0.1) is 11.8 Å². The number of hydrogen-bond acceptors (Lipinski definition) is 5. The summed E-state index contributed by atoms with van der Waals surface area (Å²) >= 11 is 1.60. The highest BCUT2D eigenvalue weighted by Gasteiger charge is 2.34. The lowest BCUT2D eigenvalue weighted by atomic mass is 10.1. The number of ether oxygens (including phenoxy) is 2. The van der Waals surface area contributed by atoms with Crippen LogP contribution in [0.2, 0.25) is 0 Å². The normalized spacial score (nSPS) is 17.0. The van der Waals surface area contributed by atoms with Crippen molar-refractivity contribution in [2.45, 2.75) is 18.8 Å². The third-order valence-electron chi connectivity index (χ3n) is 4.05. The van der Waals surface area contributed by atoms with E-state index in [2.05, 4.69) is 0 Å². The molecule has 132 valence electrons. The van der Waals surface area contributed by atoms with Crippen molar-refractivity contribution in [3.8, 4) is 17.2 Å². The molecule has 1 amide bonds. The molecular weight excluding hydrogens is 338 g/mol. The molecule has 1 atom stereocenters. The van der Waals surface area contributed by atoms with Gasteiger partial charge in [-0.05, 0) is 30.7 Å². The molecule has 1 aliphatic heterocycles. The number of phenols is 1. The Morgan fingerprint density at radius 1 is 1.24 bits per heavy atom. The Labute approximate surface area is 151 Å². The van der Waals surface area contributed by atoms with Crippen LogP contribution in [-0.4, -0.2) is 35.4 Å². The van der Waals surface area contributed by atoms with Crippen molar-refractivity contribution in [3.05, 3.63) is 53.6 Å². The average molecular weight is 359 g/mol. The number of benzene rings is 2. The summed E-state index contributed by atoms with van der Waals surface area (Å²) < 4.78 is 10.9. The molecule has 0 aliphatic carbocycles.